The highest BCUT2D eigenvalue weighted by Gasteiger charge is 2.24. The molecular weight excluding hydrogens is 279 g/mol. The van der Waals surface area contributed by atoms with Gasteiger partial charge in [0.15, 0.2) is 5.82 Å². The molecule has 20 heavy (non-hydrogen) atoms. The first-order valence-corrected chi connectivity index (χ1v) is 6.98. The first-order valence-electron chi connectivity index (χ1n) is 6.60. The van der Waals surface area contributed by atoms with Crippen LogP contribution in [0.25, 0.3) is 0 Å². The van der Waals surface area contributed by atoms with Gasteiger partial charge in [0.2, 0.25) is 0 Å². The van der Waals surface area contributed by atoms with Crippen LogP contribution in [0.2, 0.25) is 5.02 Å². The maximum atomic E-state index is 13.6. The van der Waals surface area contributed by atoms with Crippen LogP contribution in [0, 0.1) is 11.7 Å². The molecule has 1 saturated carbocycles. The van der Waals surface area contributed by atoms with Crippen LogP contribution in [0.3, 0.4) is 0 Å². The third-order valence-electron chi connectivity index (χ3n) is 3.29. The predicted octanol–water partition coefficient (Wildman–Crippen LogP) is 3.80. The lowest BCUT2D eigenvalue weighted by molar-refractivity contribution is 0.277. The van der Waals surface area contributed by atoms with Crippen molar-refractivity contribution in [2.24, 2.45) is 5.92 Å². The van der Waals surface area contributed by atoms with Crippen LogP contribution in [0.4, 0.5) is 4.39 Å². The van der Waals surface area contributed by atoms with Gasteiger partial charge in [-0.1, -0.05) is 29.8 Å². The standard InChI is InChI=1S/C15H14ClFN2O/c16-12-4-2-1-3-11(12)9-20-15-18-8-13(17)14(19-15)7-10-5-6-10/h1-4,8,10H,5-7,9H2. The number of ether oxygens (including phenoxy) is 1. The molecule has 0 spiro atoms. The van der Waals surface area contributed by atoms with Crippen molar-refractivity contribution < 1.29 is 9.13 Å². The number of hydrogen-bond acceptors (Lipinski definition) is 3. The van der Waals surface area contributed by atoms with Crippen molar-refractivity contribution in [3.05, 3.63) is 52.6 Å². The van der Waals surface area contributed by atoms with Gasteiger partial charge in [0, 0.05) is 10.6 Å². The van der Waals surface area contributed by atoms with Crippen molar-refractivity contribution in [3.63, 3.8) is 0 Å². The predicted molar refractivity (Wildman–Crippen MR) is 74.2 cm³/mol. The molecule has 0 atom stereocenters. The smallest absolute Gasteiger partial charge is 0.317 e. The van der Waals surface area contributed by atoms with Gasteiger partial charge in [-0.25, -0.2) is 9.37 Å². The van der Waals surface area contributed by atoms with Gasteiger partial charge >= 0.3 is 6.01 Å². The summed E-state index contributed by atoms with van der Waals surface area (Å²) in [7, 11) is 0. The summed E-state index contributed by atoms with van der Waals surface area (Å²) in [5.41, 5.74) is 1.29. The molecule has 0 amide bonds. The monoisotopic (exact) mass is 292 g/mol. The number of nitrogens with zero attached hydrogens (tertiary/aromatic N) is 2. The fraction of sp³-hybridized carbons (Fsp3) is 0.333. The highest BCUT2D eigenvalue weighted by Crippen LogP contribution is 2.32. The van der Waals surface area contributed by atoms with Crippen molar-refractivity contribution in [1.82, 2.24) is 9.97 Å². The van der Waals surface area contributed by atoms with Gasteiger partial charge in [-0.05, 0) is 31.2 Å². The molecule has 5 heteroatoms. The topological polar surface area (TPSA) is 35.0 Å². The first kappa shape index (κ1) is 13.3. The summed E-state index contributed by atoms with van der Waals surface area (Å²) >= 11 is 6.04. The summed E-state index contributed by atoms with van der Waals surface area (Å²) in [6.45, 7) is 0.272. The normalized spacial score (nSPS) is 14.3. The molecule has 0 saturated heterocycles. The van der Waals surface area contributed by atoms with Crippen LogP contribution in [-0.2, 0) is 13.0 Å². The second-order valence-electron chi connectivity index (χ2n) is 4.97. The minimum absolute atomic E-state index is 0.196. The SMILES string of the molecule is Fc1cnc(OCc2ccccc2Cl)nc1CC1CC1. The fourth-order valence-electron chi connectivity index (χ4n) is 1.95. The lowest BCUT2D eigenvalue weighted by atomic mass is 10.2. The number of halogens is 2. The molecule has 1 aromatic carbocycles. The summed E-state index contributed by atoms with van der Waals surface area (Å²) in [5, 5.41) is 0.632. The molecular formula is C15H14ClFN2O. The Labute approximate surface area is 121 Å². The van der Waals surface area contributed by atoms with E-state index in [1.165, 1.54) is 6.20 Å². The van der Waals surface area contributed by atoms with Crippen LogP contribution < -0.4 is 4.74 Å². The number of hydrogen-bond donors (Lipinski definition) is 0. The Balaban J connectivity index is 1.69. The fourth-order valence-corrected chi connectivity index (χ4v) is 2.14. The van der Waals surface area contributed by atoms with Crippen LogP contribution in [0.5, 0.6) is 6.01 Å². The van der Waals surface area contributed by atoms with E-state index in [2.05, 4.69) is 9.97 Å². The highest BCUT2D eigenvalue weighted by atomic mass is 35.5. The maximum Gasteiger partial charge on any atom is 0.317 e. The van der Waals surface area contributed by atoms with E-state index in [1.807, 2.05) is 18.2 Å². The quantitative estimate of drug-likeness (QED) is 0.841. The third-order valence-corrected chi connectivity index (χ3v) is 3.66. The zero-order valence-corrected chi connectivity index (χ0v) is 11.6. The zero-order valence-electron chi connectivity index (χ0n) is 10.9. The molecule has 1 aromatic heterocycles. The minimum Gasteiger partial charge on any atom is -0.459 e. The molecule has 2 aromatic rings. The van der Waals surface area contributed by atoms with Gasteiger partial charge in [0.25, 0.3) is 0 Å². The summed E-state index contributed by atoms with van der Waals surface area (Å²) in [6.07, 6.45) is 4.14. The Kier molecular flexibility index (Phi) is 3.83. The summed E-state index contributed by atoms with van der Waals surface area (Å²) < 4.78 is 19.1. The van der Waals surface area contributed by atoms with Gasteiger partial charge < -0.3 is 4.74 Å². The van der Waals surface area contributed by atoms with Crippen LogP contribution >= 0.6 is 11.6 Å². The Morgan fingerprint density at radius 1 is 1.30 bits per heavy atom. The minimum atomic E-state index is -0.359. The van der Waals surface area contributed by atoms with E-state index in [-0.39, 0.29) is 18.4 Å². The van der Waals surface area contributed by atoms with E-state index in [1.54, 1.807) is 6.07 Å². The van der Waals surface area contributed by atoms with Gasteiger partial charge in [-0.15, -0.1) is 0 Å². The largest absolute Gasteiger partial charge is 0.459 e. The molecule has 0 N–H and O–H groups in total. The van der Waals surface area contributed by atoms with E-state index >= 15 is 0 Å². The summed E-state index contributed by atoms with van der Waals surface area (Å²) in [5.74, 6) is 0.206. The van der Waals surface area contributed by atoms with Gasteiger partial charge in [0.05, 0.1) is 11.9 Å². The Bertz CT molecular complexity index is 617. The van der Waals surface area contributed by atoms with E-state index in [4.69, 9.17) is 16.3 Å². The first-order chi connectivity index (χ1) is 9.72. The van der Waals surface area contributed by atoms with Gasteiger partial charge in [-0.3, -0.25) is 0 Å². The van der Waals surface area contributed by atoms with E-state index in [0.29, 0.717) is 23.1 Å². The molecule has 3 nitrogen and oxygen atoms in total. The third kappa shape index (κ3) is 3.25. The van der Waals surface area contributed by atoms with Crippen molar-refractivity contribution in [1.29, 1.82) is 0 Å². The van der Waals surface area contributed by atoms with E-state index in [0.717, 1.165) is 18.4 Å². The Morgan fingerprint density at radius 3 is 2.85 bits per heavy atom. The molecule has 0 aliphatic heterocycles. The van der Waals surface area contributed by atoms with E-state index in [9.17, 15) is 4.39 Å². The lowest BCUT2D eigenvalue weighted by Crippen LogP contribution is -2.04. The average molecular weight is 293 g/mol. The van der Waals surface area contributed by atoms with Crippen LogP contribution in [0.1, 0.15) is 24.1 Å². The molecule has 1 aliphatic carbocycles. The molecule has 1 aliphatic rings. The molecule has 0 unspecified atom stereocenters. The lowest BCUT2D eigenvalue weighted by Gasteiger charge is -2.07. The summed E-state index contributed by atoms with van der Waals surface area (Å²) in [4.78, 5) is 8.01. The molecule has 0 radical (unpaired) electrons. The number of benzene rings is 1. The molecule has 3 rings (SSSR count). The Hall–Kier alpha value is -1.68. The van der Waals surface area contributed by atoms with Gasteiger partial charge in [-0.2, -0.15) is 4.98 Å². The maximum absolute atomic E-state index is 13.6. The number of aromatic nitrogens is 2. The van der Waals surface area contributed by atoms with Crippen molar-refractivity contribution >= 4 is 11.6 Å². The van der Waals surface area contributed by atoms with Gasteiger partial charge in [0.1, 0.15) is 6.61 Å². The average Bonchev–Trinajstić information content (AvgIpc) is 3.25. The summed E-state index contributed by atoms with van der Waals surface area (Å²) in [6, 6.07) is 7.60. The van der Waals surface area contributed by atoms with E-state index < -0.39 is 0 Å². The number of rotatable bonds is 5. The van der Waals surface area contributed by atoms with Crippen LogP contribution in [0.15, 0.2) is 30.5 Å². The molecule has 0 bridgehead atoms. The highest BCUT2D eigenvalue weighted by molar-refractivity contribution is 6.31. The van der Waals surface area contributed by atoms with Crippen molar-refractivity contribution in [2.45, 2.75) is 25.9 Å². The van der Waals surface area contributed by atoms with Crippen molar-refractivity contribution in [2.75, 3.05) is 0 Å². The van der Waals surface area contributed by atoms with Crippen LogP contribution in [-0.4, -0.2) is 9.97 Å². The van der Waals surface area contributed by atoms with Crippen molar-refractivity contribution in [3.8, 4) is 6.01 Å². The second-order valence-corrected chi connectivity index (χ2v) is 5.38. The molecule has 1 fully saturated rings. The molecule has 104 valence electrons. The second kappa shape index (κ2) is 5.75. The Morgan fingerprint density at radius 2 is 2.10 bits per heavy atom. The molecule has 1 heterocycles. The zero-order chi connectivity index (χ0) is 13.9.